The van der Waals surface area contributed by atoms with Crippen molar-refractivity contribution in [2.45, 2.75) is 37.4 Å². The molecular weight excluding hydrogens is 643 g/mol. The lowest BCUT2D eigenvalue weighted by atomic mass is 9.87. The van der Waals surface area contributed by atoms with Gasteiger partial charge >= 0.3 is 12.4 Å². The van der Waals surface area contributed by atoms with Crippen LogP contribution in [-0.2, 0) is 22.5 Å². The Hall–Kier alpha value is -3.85. The molecule has 0 aliphatic rings. The fourth-order valence-electron chi connectivity index (χ4n) is 3.77. The maximum atomic E-state index is 13.4. The van der Waals surface area contributed by atoms with Crippen molar-refractivity contribution in [1.29, 1.82) is 0 Å². The smallest absolute Gasteiger partial charge is 0.472 e. The third-order valence-electron chi connectivity index (χ3n) is 5.80. The highest BCUT2D eigenvalue weighted by molar-refractivity contribution is 9.10. The Morgan fingerprint density at radius 3 is 2.10 bits per heavy atom. The maximum absolute atomic E-state index is 13.4. The summed E-state index contributed by atoms with van der Waals surface area (Å²) in [4.78, 5) is 8.02. The molecule has 0 spiro atoms. The number of aryl methyl sites for hydroxylation is 1. The van der Waals surface area contributed by atoms with Gasteiger partial charge in [0.25, 0.3) is 10.0 Å². The number of benzene rings is 2. The molecule has 15 heteroatoms. The van der Waals surface area contributed by atoms with Gasteiger partial charge in [-0.05, 0) is 56.7 Å². The van der Waals surface area contributed by atoms with Crippen molar-refractivity contribution >= 4 is 31.8 Å². The third-order valence-corrected chi connectivity index (χ3v) is 7.57. The van der Waals surface area contributed by atoms with Crippen LogP contribution in [0.3, 0.4) is 0 Å². The molecule has 4 rings (SSSR count). The number of alkyl halides is 3. The zero-order chi connectivity index (χ0) is 30.7. The molecular formula is C27H27BrF3N5O5S. The van der Waals surface area contributed by atoms with Gasteiger partial charge in [0.1, 0.15) is 24.8 Å². The zero-order valence-corrected chi connectivity index (χ0v) is 25.3. The predicted molar refractivity (Wildman–Crippen MR) is 152 cm³/mol. The topological polar surface area (TPSA) is 117 Å². The first-order valence-corrected chi connectivity index (χ1v) is 14.7. The van der Waals surface area contributed by atoms with Crippen LogP contribution in [0, 0.1) is 0 Å². The first-order chi connectivity index (χ1) is 19.6. The second-order valence-electron chi connectivity index (χ2n) is 9.99. The van der Waals surface area contributed by atoms with Crippen LogP contribution in [0.2, 0.25) is 0 Å². The van der Waals surface area contributed by atoms with Crippen molar-refractivity contribution in [3.8, 4) is 28.8 Å². The highest BCUT2D eigenvalue weighted by Crippen LogP contribution is 2.39. The molecule has 10 nitrogen and oxygen atoms in total. The van der Waals surface area contributed by atoms with Crippen LogP contribution in [-0.4, -0.2) is 47.7 Å². The van der Waals surface area contributed by atoms with Gasteiger partial charge in [-0.2, -0.15) is 0 Å². The van der Waals surface area contributed by atoms with E-state index in [1.807, 2.05) is 20.8 Å². The van der Waals surface area contributed by atoms with E-state index in [1.165, 1.54) is 48.4 Å². The summed E-state index contributed by atoms with van der Waals surface area (Å²) in [5.74, 6) is -0.392. The first-order valence-electron chi connectivity index (χ1n) is 12.4. The van der Waals surface area contributed by atoms with E-state index in [1.54, 1.807) is 12.1 Å². The quantitative estimate of drug-likeness (QED) is 0.202. The Morgan fingerprint density at radius 1 is 0.929 bits per heavy atom. The van der Waals surface area contributed by atoms with Crippen LogP contribution in [0.4, 0.5) is 19.0 Å². The van der Waals surface area contributed by atoms with Gasteiger partial charge in [-0.25, -0.2) is 23.1 Å². The lowest BCUT2D eigenvalue weighted by Crippen LogP contribution is -2.17. The van der Waals surface area contributed by atoms with Gasteiger partial charge in [0.2, 0.25) is 5.88 Å². The number of anilines is 1. The van der Waals surface area contributed by atoms with Crippen molar-refractivity contribution in [1.82, 2.24) is 19.7 Å². The summed E-state index contributed by atoms with van der Waals surface area (Å²) in [5, 5.41) is 4.31. The number of nitrogens with zero attached hydrogens (tertiary/aromatic N) is 4. The number of hydrogen-bond acceptors (Lipinski definition) is 8. The third kappa shape index (κ3) is 7.91. The molecule has 2 aromatic carbocycles. The summed E-state index contributed by atoms with van der Waals surface area (Å²) in [7, 11) is -2.59. The molecule has 4 aromatic rings. The van der Waals surface area contributed by atoms with Gasteiger partial charge in [0.05, 0.1) is 14.9 Å². The number of halogens is 4. The number of sulfonamides is 1. The standard InChI is InChI=1S/C27H27BrF3N5O5S/c1-26(2,3)18-7-11-21(12-8-18)42(37,38)35-23-22(17-5-9-20(10-6-17)41-27(29,30)31)24(34-36(23)4)39-13-14-40-25-32-15-19(28)16-33-25/h5-12,15-16,35H,13-14H2,1-4H3. The van der Waals surface area contributed by atoms with Crippen molar-refractivity contribution in [3.05, 3.63) is 71.0 Å². The van der Waals surface area contributed by atoms with Crippen molar-refractivity contribution in [2.24, 2.45) is 7.05 Å². The summed E-state index contributed by atoms with van der Waals surface area (Å²) in [6.45, 7) is 6.04. The van der Waals surface area contributed by atoms with Crippen LogP contribution in [0.1, 0.15) is 26.3 Å². The number of rotatable bonds is 10. The van der Waals surface area contributed by atoms with E-state index in [4.69, 9.17) is 9.47 Å². The fraction of sp³-hybridized carbons (Fsp3) is 0.296. The Kier molecular flexibility index (Phi) is 9.01. The Balaban J connectivity index is 1.63. The minimum atomic E-state index is -4.87. The fourth-order valence-corrected chi connectivity index (χ4v) is 5.07. The lowest BCUT2D eigenvalue weighted by Gasteiger charge is -2.19. The molecule has 0 bridgehead atoms. The molecule has 0 aliphatic heterocycles. The van der Waals surface area contributed by atoms with Crippen molar-refractivity contribution < 1.29 is 35.8 Å². The van der Waals surface area contributed by atoms with Crippen LogP contribution < -0.4 is 18.9 Å². The SMILES string of the molecule is Cn1nc(OCCOc2ncc(Br)cn2)c(-c2ccc(OC(F)(F)F)cc2)c1NS(=O)(=O)c1ccc(C(C)(C)C)cc1. The molecule has 0 amide bonds. The Bertz CT molecular complexity index is 1620. The molecule has 2 aromatic heterocycles. The van der Waals surface area contributed by atoms with E-state index in [9.17, 15) is 21.6 Å². The number of hydrogen-bond donors (Lipinski definition) is 1. The molecule has 0 aliphatic carbocycles. The van der Waals surface area contributed by atoms with Gasteiger partial charge in [0, 0.05) is 19.4 Å². The van der Waals surface area contributed by atoms with E-state index >= 15 is 0 Å². The number of aromatic nitrogens is 4. The molecule has 2 heterocycles. The summed E-state index contributed by atoms with van der Waals surface area (Å²) < 4.78 is 84.6. The number of ether oxygens (including phenoxy) is 3. The van der Waals surface area contributed by atoms with Crippen molar-refractivity contribution in [2.75, 3.05) is 17.9 Å². The molecule has 42 heavy (non-hydrogen) atoms. The van der Waals surface area contributed by atoms with Gasteiger partial charge in [-0.1, -0.05) is 45.0 Å². The minimum absolute atomic E-state index is 0.0157. The molecule has 0 saturated carbocycles. The number of nitrogens with one attached hydrogen (secondary N) is 1. The van der Waals surface area contributed by atoms with E-state index < -0.39 is 22.1 Å². The highest BCUT2D eigenvalue weighted by Gasteiger charge is 2.31. The summed E-state index contributed by atoms with van der Waals surface area (Å²) >= 11 is 3.23. The van der Waals surface area contributed by atoms with Gasteiger partial charge in [-0.15, -0.1) is 18.3 Å². The van der Waals surface area contributed by atoms with Crippen molar-refractivity contribution in [3.63, 3.8) is 0 Å². The van der Waals surface area contributed by atoms with Gasteiger partial charge < -0.3 is 14.2 Å². The lowest BCUT2D eigenvalue weighted by molar-refractivity contribution is -0.274. The Labute approximate surface area is 249 Å². The van der Waals surface area contributed by atoms with Crippen LogP contribution >= 0.6 is 15.9 Å². The normalized spacial score (nSPS) is 12.2. The van der Waals surface area contributed by atoms with E-state index in [2.05, 4.69) is 40.5 Å². The minimum Gasteiger partial charge on any atom is -0.472 e. The molecule has 0 saturated heterocycles. The summed E-state index contributed by atoms with van der Waals surface area (Å²) in [6.07, 6.45) is -1.84. The molecule has 0 fully saturated rings. The zero-order valence-electron chi connectivity index (χ0n) is 22.9. The van der Waals surface area contributed by atoms with Crippen LogP contribution in [0.15, 0.2) is 70.3 Å². The second-order valence-corrected chi connectivity index (χ2v) is 12.6. The maximum Gasteiger partial charge on any atom is 0.573 e. The van der Waals surface area contributed by atoms with Gasteiger partial charge in [0.15, 0.2) is 0 Å². The van der Waals surface area contributed by atoms with Crippen LogP contribution in [0.5, 0.6) is 17.6 Å². The van der Waals surface area contributed by atoms with E-state index in [0.717, 1.165) is 17.7 Å². The first kappa shape index (κ1) is 31.1. The molecule has 1 N–H and O–H groups in total. The second kappa shape index (κ2) is 12.2. The monoisotopic (exact) mass is 669 g/mol. The molecule has 0 unspecified atom stereocenters. The molecule has 224 valence electrons. The summed E-state index contributed by atoms with van der Waals surface area (Å²) in [6, 6.07) is 11.5. The van der Waals surface area contributed by atoms with Gasteiger partial charge in [-0.3, -0.25) is 4.72 Å². The van der Waals surface area contributed by atoms with E-state index in [-0.39, 0.29) is 46.8 Å². The van der Waals surface area contributed by atoms with Crippen LogP contribution in [0.25, 0.3) is 11.1 Å². The Morgan fingerprint density at radius 2 is 1.52 bits per heavy atom. The predicted octanol–water partition coefficient (Wildman–Crippen LogP) is 6.09. The van der Waals surface area contributed by atoms with E-state index in [0.29, 0.717) is 10.0 Å². The largest absolute Gasteiger partial charge is 0.573 e. The average Bonchev–Trinajstić information content (AvgIpc) is 3.20. The highest BCUT2D eigenvalue weighted by atomic mass is 79.9. The molecule has 0 radical (unpaired) electrons. The molecule has 0 atom stereocenters. The summed E-state index contributed by atoms with van der Waals surface area (Å²) in [5.41, 5.74) is 1.30. The average molecular weight is 671 g/mol.